The Morgan fingerprint density at radius 1 is 1.32 bits per heavy atom. The van der Waals surface area contributed by atoms with Crippen molar-refractivity contribution in [3.8, 4) is 0 Å². The molecule has 4 rings (SSSR count). The molecule has 9 nitrogen and oxygen atoms in total. The smallest absolute Gasteiger partial charge is 0.317 e. The monoisotopic (exact) mass is 432 g/mol. The Balaban J connectivity index is 1.68. The van der Waals surface area contributed by atoms with Gasteiger partial charge in [-0.1, -0.05) is 5.10 Å². The number of carbonyl (C=O) groups is 1. The third kappa shape index (κ3) is 4.09. The zero-order valence-corrected chi connectivity index (χ0v) is 16.0. The van der Waals surface area contributed by atoms with E-state index in [0.717, 1.165) is 42.1 Å². The molecule has 0 spiro atoms. The normalized spacial score (nSPS) is 13.9. The first kappa shape index (κ1) is 20.4. The van der Waals surface area contributed by atoms with Crippen LogP contribution < -0.4 is 21.2 Å². The van der Waals surface area contributed by atoms with E-state index in [1.807, 2.05) is 0 Å². The standard InChI is InChI=1S/C19H16F3N7O2/c20-19(21,22)10-1-4-12-14(7-10)29(11-2-3-11)26-13(18(12)31)8-17(30)25-16-6-5-15(24)28(9-23)27-16/h1,4-7,9,11,23-24H,2-3,8H2,(H,25,27,30)/p+1. The van der Waals surface area contributed by atoms with Crippen molar-refractivity contribution >= 4 is 34.8 Å². The molecule has 0 radical (unpaired) electrons. The second kappa shape index (κ2) is 7.45. The van der Waals surface area contributed by atoms with E-state index < -0.39 is 23.1 Å². The average molecular weight is 432 g/mol. The van der Waals surface area contributed by atoms with Crippen LogP contribution in [0.3, 0.4) is 0 Å². The van der Waals surface area contributed by atoms with Crippen molar-refractivity contribution in [1.82, 2.24) is 14.9 Å². The molecule has 1 aliphatic rings. The van der Waals surface area contributed by atoms with Crippen molar-refractivity contribution in [3.63, 3.8) is 0 Å². The van der Waals surface area contributed by atoms with Gasteiger partial charge in [-0.25, -0.2) is 0 Å². The molecule has 0 bridgehead atoms. The van der Waals surface area contributed by atoms with E-state index in [9.17, 15) is 22.8 Å². The number of nitrogens with one attached hydrogen (secondary N) is 2. The van der Waals surface area contributed by atoms with Crippen LogP contribution in [0.25, 0.3) is 10.9 Å². The van der Waals surface area contributed by atoms with Gasteiger partial charge in [0, 0.05) is 11.5 Å². The molecule has 160 valence electrons. The van der Waals surface area contributed by atoms with Crippen LogP contribution >= 0.6 is 0 Å². The second-order valence-electron chi connectivity index (χ2n) is 7.12. The zero-order valence-electron chi connectivity index (χ0n) is 16.0. The van der Waals surface area contributed by atoms with Crippen LogP contribution in [0, 0.1) is 5.41 Å². The van der Waals surface area contributed by atoms with Crippen molar-refractivity contribution in [2.75, 3.05) is 11.1 Å². The third-order valence-corrected chi connectivity index (χ3v) is 4.81. The lowest BCUT2D eigenvalue weighted by Crippen LogP contribution is -2.41. The Morgan fingerprint density at radius 3 is 2.71 bits per heavy atom. The molecule has 31 heavy (non-hydrogen) atoms. The number of nitrogens with two attached hydrogens (primary N) is 1. The van der Waals surface area contributed by atoms with Crippen LogP contribution in [-0.4, -0.2) is 27.1 Å². The fraction of sp³-hybridized carbons (Fsp3) is 0.263. The summed E-state index contributed by atoms with van der Waals surface area (Å²) in [5.41, 5.74) is 4.18. The first-order valence-electron chi connectivity index (χ1n) is 9.29. The van der Waals surface area contributed by atoms with E-state index in [0.29, 0.717) is 0 Å². The third-order valence-electron chi connectivity index (χ3n) is 4.81. The molecule has 0 saturated heterocycles. The van der Waals surface area contributed by atoms with Crippen molar-refractivity contribution < 1.29 is 22.6 Å². The van der Waals surface area contributed by atoms with Gasteiger partial charge in [-0.15, -0.1) is 4.68 Å². The number of nitrogens with zero attached hydrogens (tertiary/aromatic N) is 4. The lowest BCUT2D eigenvalue weighted by molar-refractivity contribution is -0.597. The molecule has 2 heterocycles. The quantitative estimate of drug-likeness (QED) is 0.321. The average Bonchev–Trinajstić information content (AvgIpc) is 3.55. The maximum Gasteiger partial charge on any atom is 0.416 e. The predicted octanol–water partition coefficient (Wildman–Crippen LogP) is 1.65. The van der Waals surface area contributed by atoms with E-state index in [1.165, 1.54) is 16.8 Å². The van der Waals surface area contributed by atoms with Gasteiger partial charge in [0.25, 0.3) is 0 Å². The summed E-state index contributed by atoms with van der Waals surface area (Å²) in [5.74, 6) is -0.289. The van der Waals surface area contributed by atoms with Gasteiger partial charge in [-0.05, 0) is 37.1 Å². The Hall–Kier alpha value is -3.83. The molecule has 2 aromatic heterocycles. The van der Waals surface area contributed by atoms with Gasteiger partial charge in [-0.2, -0.15) is 23.7 Å². The van der Waals surface area contributed by atoms with Gasteiger partial charge >= 0.3 is 6.18 Å². The highest BCUT2D eigenvalue weighted by Crippen LogP contribution is 2.37. The molecular formula is C19H17F3N7O2+. The summed E-state index contributed by atoms with van der Waals surface area (Å²) in [6, 6.07) is 5.65. The van der Waals surface area contributed by atoms with E-state index >= 15 is 0 Å². The largest absolute Gasteiger partial charge is 0.416 e. The Morgan fingerprint density at radius 2 is 2.06 bits per heavy atom. The molecule has 4 N–H and O–H groups in total. The minimum Gasteiger partial charge on any atom is -0.317 e. The van der Waals surface area contributed by atoms with Crippen molar-refractivity contribution in [2.45, 2.75) is 31.5 Å². The van der Waals surface area contributed by atoms with Gasteiger partial charge < -0.3 is 11.1 Å². The number of rotatable bonds is 5. The minimum atomic E-state index is -4.55. The number of hydrogen-bond donors (Lipinski definition) is 3. The molecule has 3 aromatic rings. The molecule has 1 amide bonds. The predicted molar refractivity (Wildman–Crippen MR) is 105 cm³/mol. The summed E-state index contributed by atoms with van der Waals surface area (Å²) >= 11 is 0. The van der Waals surface area contributed by atoms with Gasteiger partial charge in [0.2, 0.25) is 23.5 Å². The summed E-state index contributed by atoms with van der Waals surface area (Å²) in [6.07, 6.45) is -2.62. The SMILES string of the molecule is N=C[n+]1nc(NC(=O)Cc2nn(C3CC3)c3cc(C(F)(F)F)ccc3c2=O)ccc1N. The van der Waals surface area contributed by atoms with Crippen LogP contribution in [0.1, 0.15) is 30.1 Å². The number of fused-ring (bicyclic) bond motifs is 1. The maximum atomic E-state index is 13.1. The number of carbonyl (C=O) groups excluding carboxylic acids is 1. The highest BCUT2D eigenvalue weighted by atomic mass is 19.4. The van der Waals surface area contributed by atoms with E-state index in [1.54, 1.807) is 0 Å². The molecule has 0 aliphatic heterocycles. The number of anilines is 2. The molecule has 12 heteroatoms. The van der Waals surface area contributed by atoms with Gasteiger partial charge in [0.15, 0.2) is 5.82 Å². The minimum absolute atomic E-state index is 0.0740. The Labute approximate surface area is 172 Å². The van der Waals surface area contributed by atoms with Crippen LogP contribution in [0.15, 0.2) is 35.1 Å². The summed E-state index contributed by atoms with van der Waals surface area (Å²) in [5, 5.41) is 17.9. The van der Waals surface area contributed by atoms with Gasteiger partial charge in [-0.3, -0.25) is 14.3 Å². The van der Waals surface area contributed by atoms with E-state index in [4.69, 9.17) is 11.1 Å². The summed E-state index contributed by atoms with van der Waals surface area (Å²) < 4.78 is 41.8. The van der Waals surface area contributed by atoms with Gasteiger partial charge in [0.1, 0.15) is 5.69 Å². The van der Waals surface area contributed by atoms with Crippen LogP contribution in [0.4, 0.5) is 24.8 Å². The van der Waals surface area contributed by atoms with Crippen LogP contribution in [0.5, 0.6) is 0 Å². The fourth-order valence-electron chi connectivity index (χ4n) is 3.14. The van der Waals surface area contributed by atoms with Crippen LogP contribution in [-0.2, 0) is 17.4 Å². The Kier molecular flexibility index (Phi) is 4.91. The number of hydrogen-bond acceptors (Lipinski definition) is 6. The highest BCUT2D eigenvalue weighted by Gasteiger charge is 2.33. The topological polar surface area (TPSA) is 131 Å². The summed E-state index contributed by atoms with van der Waals surface area (Å²) in [7, 11) is 0. The fourth-order valence-corrected chi connectivity index (χ4v) is 3.14. The number of aromatic nitrogens is 4. The molecule has 0 unspecified atom stereocenters. The molecule has 1 aliphatic carbocycles. The molecular weight excluding hydrogens is 415 g/mol. The lowest BCUT2D eigenvalue weighted by atomic mass is 10.1. The van der Waals surface area contributed by atoms with Crippen molar-refractivity contribution in [1.29, 1.82) is 5.41 Å². The first-order chi connectivity index (χ1) is 14.7. The number of alkyl halides is 3. The Bertz CT molecular complexity index is 1270. The number of nitrogen functional groups attached to an aromatic ring is 1. The van der Waals surface area contributed by atoms with Gasteiger partial charge in [0.05, 0.1) is 23.5 Å². The highest BCUT2D eigenvalue weighted by molar-refractivity contribution is 5.91. The molecule has 0 atom stereocenters. The summed E-state index contributed by atoms with van der Waals surface area (Å²) in [6.45, 7) is 0. The molecule has 1 aromatic carbocycles. The van der Waals surface area contributed by atoms with Crippen molar-refractivity contribution in [2.24, 2.45) is 0 Å². The molecule has 1 saturated carbocycles. The van der Waals surface area contributed by atoms with E-state index in [-0.39, 0.29) is 40.7 Å². The maximum absolute atomic E-state index is 13.1. The van der Waals surface area contributed by atoms with Crippen molar-refractivity contribution in [3.05, 3.63) is 51.8 Å². The van der Waals surface area contributed by atoms with Crippen LogP contribution in [0.2, 0.25) is 0 Å². The summed E-state index contributed by atoms with van der Waals surface area (Å²) in [4.78, 5) is 25.3. The first-order valence-corrected chi connectivity index (χ1v) is 9.29. The zero-order chi connectivity index (χ0) is 22.3. The number of benzene rings is 1. The number of amides is 1. The number of halogens is 3. The molecule has 1 fully saturated rings. The second-order valence-corrected chi connectivity index (χ2v) is 7.12. The van der Waals surface area contributed by atoms with E-state index in [2.05, 4.69) is 15.5 Å². The lowest BCUT2D eigenvalue weighted by Gasteiger charge is -2.14.